The molecule has 0 spiro atoms. The summed E-state index contributed by atoms with van der Waals surface area (Å²) < 4.78 is 32.3. The van der Waals surface area contributed by atoms with Crippen molar-refractivity contribution in [2.24, 2.45) is 0 Å². The fourth-order valence-corrected chi connectivity index (χ4v) is 3.27. The number of anilines is 1. The van der Waals surface area contributed by atoms with Gasteiger partial charge in [0.25, 0.3) is 10.0 Å². The number of benzene rings is 1. The number of nitrogens with zero attached hydrogens (tertiary/aromatic N) is 1. The number of sulfonamides is 1. The molecule has 2 N–H and O–H groups in total. The summed E-state index contributed by atoms with van der Waals surface area (Å²) in [5.41, 5.74) is 1.24. The zero-order valence-corrected chi connectivity index (χ0v) is 12.7. The first-order valence-electron chi connectivity index (χ1n) is 6.17. The van der Waals surface area contributed by atoms with Crippen molar-refractivity contribution in [2.45, 2.75) is 18.7 Å². The highest BCUT2D eigenvalue weighted by molar-refractivity contribution is 7.92. The van der Waals surface area contributed by atoms with Crippen LogP contribution in [-0.2, 0) is 10.0 Å². The van der Waals surface area contributed by atoms with Crippen molar-refractivity contribution >= 4 is 15.8 Å². The summed E-state index contributed by atoms with van der Waals surface area (Å²) in [6.45, 7) is 3.43. The van der Waals surface area contributed by atoms with Crippen LogP contribution in [0, 0.1) is 13.8 Å². The molecule has 0 amide bonds. The molecular weight excluding hydrogens is 292 g/mol. The summed E-state index contributed by atoms with van der Waals surface area (Å²) in [5, 5.41) is 9.62. The van der Waals surface area contributed by atoms with Gasteiger partial charge in [-0.25, -0.2) is 13.4 Å². The van der Waals surface area contributed by atoms with Crippen LogP contribution in [0.3, 0.4) is 0 Å². The van der Waals surface area contributed by atoms with Crippen molar-refractivity contribution in [2.75, 3.05) is 11.8 Å². The number of aryl methyl sites for hydroxylation is 2. The molecule has 112 valence electrons. The Bertz CT molecular complexity index is 773. The van der Waals surface area contributed by atoms with E-state index in [1.54, 1.807) is 19.9 Å². The second kappa shape index (κ2) is 5.61. The van der Waals surface area contributed by atoms with Gasteiger partial charge in [-0.15, -0.1) is 0 Å². The van der Waals surface area contributed by atoms with Gasteiger partial charge in [0.1, 0.15) is 5.75 Å². The molecule has 1 heterocycles. The largest absolute Gasteiger partial charge is 0.504 e. The molecular formula is C14H16N2O4S. The minimum absolute atomic E-state index is 0.106. The van der Waals surface area contributed by atoms with Gasteiger partial charge in [0.05, 0.1) is 12.0 Å². The van der Waals surface area contributed by atoms with Crippen molar-refractivity contribution < 1.29 is 18.3 Å². The van der Waals surface area contributed by atoms with Gasteiger partial charge < -0.3 is 9.84 Å². The standard InChI is InChI=1S/C14H16N2O4S/c1-9-8-13(10(2)7-12(9)20-3)21(18,19)16-14-11(17)5-4-6-15-14/h4-8,17H,1-3H3,(H,15,16). The maximum absolute atomic E-state index is 12.4. The van der Waals surface area contributed by atoms with E-state index in [1.807, 2.05) is 0 Å². The Morgan fingerprint density at radius 1 is 1.24 bits per heavy atom. The Balaban J connectivity index is 2.45. The Kier molecular flexibility index (Phi) is 4.04. The molecule has 0 aliphatic rings. The van der Waals surface area contributed by atoms with Crippen LogP contribution in [0.1, 0.15) is 11.1 Å². The third kappa shape index (κ3) is 3.08. The minimum atomic E-state index is -3.84. The SMILES string of the molecule is COc1cc(C)c(S(=O)(=O)Nc2ncccc2O)cc1C. The van der Waals surface area contributed by atoms with Crippen LogP contribution in [0.2, 0.25) is 0 Å². The monoisotopic (exact) mass is 308 g/mol. The molecule has 0 aliphatic heterocycles. The maximum Gasteiger partial charge on any atom is 0.263 e. The van der Waals surface area contributed by atoms with Crippen LogP contribution < -0.4 is 9.46 Å². The fraction of sp³-hybridized carbons (Fsp3) is 0.214. The molecule has 6 nitrogen and oxygen atoms in total. The topological polar surface area (TPSA) is 88.5 Å². The van der Waals surface area contributed by atoms with Crippen molar-refractivity contribution in [1.82, 2.24) is 4.98 Å². The normalized spacial score (nSPS) is 11.2. The predicted octanol–water partition coefficient (Wildman–Crippen LogP) is 2.21. The summed E-state index contributed by atoms with van der Waals surface area (Å²) in [4.78, 5) is 3.93. The second-order valence-electron chi connectivity index (χ2n) is 4.56. The Labute approximate surface area is 123 Å². The number of rotatable bonds is 4. The van der Waals surface area contributed by atoms with Crippen LogP contribution >= 0.6 is 0 Å². The average Bonchev–Trinajstić information content (AvgIpc) is 2.43. The Morgan fingerprint density at radius 3 is 2.57 bits per heavy atom. The molecule has 0 unspecified atom stereocenters. The highest BCUT2D eigenvalue weighted by atomic mass is 32.2. The van der Waals surface area contributed by atoms with Gasteiger partial charge in [0.15, 0.2) is 11.6 Å². The van der Waals surface area contributed by atoms with Crippen LogP contribution in [-0.4, -0.2) is 25.6 Å². The zero-order valence-electron chi connectivity index (χ0n) is 11.9. The number of aromatic hydroxyl groups is 1. The lowest BCUT2D eigenvalue weighted by Gasteiger charge is -2.13. The molecule has 0 radical (unpaired) electrons. The third-order valence-corrected chi connectivity index (χ3v) is 4.48. The van der Waals surface area contributed by atoms with E-state index in [0.29, 0.717) is 16.9 Å². The van der Waals surface area contributed by atoms with Crippen molar-refractivity contribution in [3.63, 3.8) is 0 Å². The number of aromatic nitrogens is 1. The number of methoxy groups -OCH3 is 1. The third-order valence-electron chi connectivity index (χ3n) is 3.00. The van der Waals surface area contributed by atoms with E-state index in [9.17, 15) is 13.5 Å². The predicted molar refractivity (Wildman–Crippen MR) is 79.2 cm³/mol. The number of pyridine rings is 1. The molecule has 7 heteroatoms. The van der Waals surface area contributed by atoms with E-state index in [-0.39, 0.29) is 16.5 Å². The van der Waals surface area contributed by atoms with E-state index in [2.05, 4.69) is 9.71 Å². The van der Waals surface area contributed by atoms with Gasteiger partial charge in [-0.1, -0.05) is 0 Å². The van der Waals surface area contributed by atoms with E-state index in [4.69, 9.17) is 4.74 Å². The molecule has 2 rings (SSSR count). The molecule has 0 aliphatic carbocycles. The van der Waals surface area contributed by atoms with Crippen LogP contribution in [0.25, 0.3) is 0 Å². The molecule has 0 fully saturated rings. The molecule has 21 heavy (non-hydrogen) atoms. The van der Waals surface area contributed by atoms with Gasteiger partial charge in [-0.2, -0.15) is 0 Å². The number of hydrogen-bond donors (Lipinski definition) is 2. The molecule has 1 aromatic carbocycles. The highest BCUT2D eigenvalue weighted by Gasteiger charge is 2.20. The highest BCUT2D eigenvalue weighted by Crippen LogP contribution is 2.28. The summed E-state index contributed by atoms with van der Waals surface area (Å²) in [6.07, 6.45) is 1.39. The van der Waals surface area contributed by atoms with Crippen molar-refractivity contribution in [3.05, 3.63) is 41.6 Å². The van der Waals surface area contributed by atoms with Crippen LogP contribution in [0.15, 0.2) is 35.4 Å². The quantitative estimate of drug-likeness (QED) is 0.904. The number of hydrogen-bond acceptors (Lipinski definition) is 5. The Hall–Kier alpha value is -2.28. The van der Waals surface area contributed by atoms with Crippen LogP contribution in [0.4, 0.5) is 5.82 Å². The van der Waals surface area contributed by atoms with Gasteiger partial charge >= 0.3 is 0 Å². The Morgan fingerprint density at radius 2 is 1.95 bits per heavy atom. The summed E-state index contributed by atoms with van der Waals surface area (Å²) in [7, 11) is -2.31. The van der Waals surface area contributed by atoms with Crippen molar-refractivity contribution in [3.8, 4) is 11.5 Å². The average molecular weight is 308 g/mol. The van der Waals surface area contributed by atoms with E-state index in [1.165, 1.54) is 31.5 Å². The van der Waals surface area contributed by atoms with Crippen molar-refractivity contribution in [1.29, 1.82) is 0 Å². The minimum Gasteiger partial charge on any atom is -0.504 e. The lowest BCUT2D eigenvalue weighted by molar-refractivity contribution is 0.411. The number of ether oxygens (including phenoxy) is 1. The lowest BCUT2D eigenvalue weighted by Crippen LogP contribution is -2.15. The molecule has 0 atom stereocenters. The number of nitrogens with one attached hydrogen (secondary N) is 1. The van der Waals surface area contributed by atoms with Gasteiger partial charge in [0, 0.05) is 6.20 Å². The van der Waals surface area contributed by atoms with Gasteiger partial charge in [-0.3, -0.25) is 4.72 Å². The maximum atomic E-state index is 12.4. The smallest absolute Gasteiger partial charge is 0.263 e. The summed E-state index contributed by atoms with van der Waals surface area (Å²) >= 11 is 0. The van der Waals surface area contributed by atoms with Crippen LogP contribution in [0.5, 0.6) is 11.5 Å². The first-order valence-corrected chi connectivity index (χ1v) is 7.65. The van der Waals surface area contributed by atoms with E-state index >= 15 is 0 Å². The van der Waals surface area contributed by atoms with E-state index < -0.39 is 10.0 Å². The molecule has 2 aromatic rings. The first kappa shape index (κ1) is 15.1. The van der Waals surface area contributed by atoms with Gasteiger partial charge in [0.2, 0.25) is 0 Å². The van der Waals surface area contributed by atoms with Gasteiger partial charge in [-0.05, 0) is 49.2 Å². The van der Waals surface area contributed by atoms with E-state index in [0.717, 1.165) is 0 Å². The summed E-state index contributed by atoms with van der Waals surface area (Å²) in [5.74, 6) is 0.279. The molecule has 0 saturated carbocycles. The zero-order chi connectivity index (χ0) is 15.6. The summed E-state index contributed by atoms with van der Waals surface area (Å²) in [6, 6.07) is 6.05. The lowest BCUT2D eigenvalue weighted by atomic mass is 10.1. The fourth-order valence-electron chi connectivity index (χ4n) is 1.93. The molecule has 0 saturated heterocycles. The molecule has 1 aromatic heterocycles. The first-order chi connectivity index (χ1) is 9.85. The second-order valence-corrected chi connectivity index (χ2v) is 6.21. The molecule has 0 bridgehead atoms.